The van der Waals surface area contributed by atoms with Crippen molar-refractivity contribution in [3.63, 3.8) is 0 Å². The number of esters is 2. The second-order valence-electron chi connectivity index (χ2n) is 6.14. The minimum atomic E-state index is -0.917. The molecule has 0 aliphatic heterocycles. The lowest BCUT2D eigenvalue weighted by Gasteiger charge is -2.18. The third-order valence-electron chi connectivity index (χ3n) is 3.50. The fraction of sp³-hybridized carbons (Fsp3) is 0.444. The van der Waals surface area contributed by atoms with Gasteiger partial charge in [-0.3, -0.25) is 9.59 Å². The van der Waals surface area contributed by atoms with Gasteiger partial charge in [-0.05, 0) is 38.1 Å². The second-order valence-corrected chi connectivity index (χ2v) is 6.14. The molecule has 2 unspecified atom stereocenters. The number of ether oxygens (including phenoxy) is 2. The van der Waals surface area contributed by atoms with Crippen molar-refractivity contribution in [1.82, 2.24) is 9.80 Å². The summed E-state index contributed by atoms with van der Waals surface area (Å²) in [7, 11) is 6.26. The van der Waals surface area contributed by atoms with Gasteiger partial charge in [-0.1, -0.05) is 0 Å². The standard InChI is InChI=1S/C18H24N2O6/c1-11(15(21)19(3)4)25-17(23)13-7-9-14(10-8-13)18(24)26-12(2)16(22)20(5)6/h7-12H,1-6H3. The maximum absolute atomic E-state index is 12.0. The van der Waals surface area contributed by atoms with Gasteiger partial charge in [0, 0.05) is 28.2 Å². The Hall–Kier alpha value is -2.90. The summed E-state index contributed by atoms with van der Waals surface area (Å²) in [5.74, 6) is -2.02. The number of rotatable bonds is 6. The highest BCUT2D eigenvalue weighted by molar-refractivity contribution is 5.95. The van der Waals surface area contributed by atoms with Crippen LogP contribution in [0.1, 0.15) is 34.6 Å². The van der Waals surface area contributed by atoms with Gasteiger partial charge in [0.2, 0.25) is 0 Å². The molecule has 26 heavy (non-hydrogen) atoms. The van der Waals surface area contributed by atoms with Gasteiger partial charge in [-0.15, -0.1) is 0 Å². The maximum atomic E-state index is 12.0. The highest BCUT2D eigenvalue weighted by Crippen LogP contribution is 2.11. The zero-order chi connectivity index (χ0) is 20.0. The summed E-state index contributed by atoms with van der Waals surface area (Å²) < 4.78 is 10.2. The lowest BCUT2D eigenvalue weighted by molar-refractivity contribution is -0.137. The topological polar surface area (TPSA) is 93.2 Å². The van der Waals surface area contributed by atoms with Crippen LogP contribution in [0.5, 0.6) is 0 Å². The van der Waals surface area contributed by atoms with Crippen molar-refractivity contribution in [3.05, 3.63) is 35.4 Å². The van der Waals surface area contributed by atoms with Crippen molar-refractivity contribution in [2.24, 2.45) is 0 Å². The van der Waals surface area contributed by atoms with E-state index in [9.17, 15) is 19.2 Å². The van der Waals surface area contributed by atoms with Gasteiger partial charge in [0.25, 0.3) is 11.8 Å². The first-order valence-electron chi connectivity index (χ1n) is 7.99. The van der Waals surface area contributed by atoms with Crippen LogP contribution in [-0.4, -0.2) is 74.0 Å². The van der Waals surface area contributed by atoms with Crippen LogP contribution in [0.25, 0.3) is 0 Å². The molecule has 1 aromatic carbocycles. The zero-order valence-electron chi connectivity index (χ0n) is 15.8. The molecule has 2 amide bonds. The molecule has 1 aromatic rings. The summed E-state index contributed by atoms with van der Waals surface area (Å²) in [6.07, 6.45) is -1.83. The minimum Gasteiger partial charge on any atom is -0.449 e. The molecule has 0 aliphatic rings. The average molecular weight is 364 g/mol. The molecule has 0 saturated heterocycles. The minimum absolute atomic E-state index is 0.192. The van der Waals surface area contributed by atoms with E-state index in [-0.39, 0.29) is 22.9 Å². The van der Waals surface area contributed by atoms with Crippen molar-refractivity contribution in [2.75, 3.05) is 28.2 Å². The number of nitrogens with zero attached hydrogens (tertiary/aromatic N) is 2. The van der Waals surface area contributed by atoms with E-state index in [1.807, 2.05) is 0 Å². The number of hydrogen-bond acceptors (Lipinski definition) is 6. The number of likely N-dealkylation sites (N-methyl/N-ethyl adjacent to an activating group) is 2. The molecular weight excluding hydrogens is 340 g/mol. The molecule has 8 nitrogen and oxygen atoms in total. The van der Waals surface area contributed by atoms with Gasteiger partial charge in [-0.2, -0.15) is 0 Å². The van der Waals surface area contributed by atoms with Crippen molar-refractivity contribution in [2.45, 2.75) is 26.1 Å². The smallest absolute Gasteiger partial charge is 0.338 e. The Bertz CT molecular complexity index is 622. The SMILES string of the molecule is CC(OC(=O)c1ccc(C(=O)OC(C)C(=O)N(C)C)cc1)C(=O)N(C)C. The molecular formula is C18H24N2O6. The third-order valence-corrected chi connectivity index (χ3v) is 3.50. The van der Waals surface area contributed by atoms with Crippen LogP contribution in [-0.2, 0) is 19.1 Å². The first-order chi connectivity index (χ1) is 12.0. The van der Waals surface area contributed by atoms with Crippen LogP contribution < -0.4 is 0 Å². The fourth-order valence-corrected chi connectivity index (χ4v) is 2.03. The van der Waals surface area contributed by atoms with E-state index < -0.39 is 24.1 Å². The monoisotopic (exact) mass is 364 g/mol. The Kier molecular flexibility index (Phi) is 7.30. The van der Waals surface area contributed by atoms with Crippen LogP contribution in [0.2, 0.25) is 0 Å². The van der Waals surface area contributed by atoms with Gasteiger partial charge in [0.15, 0.2) is 12.2 Å². The Morgan fingerprint density at radius 1 is 0.692 bits per heavy atom. The molecule has 0 N–H and O–H groups in total. The Morgan fingerprint density at radius 2 is 0.962 bits per heavy atom. The van der Waals surface area contributed by atoms with E-state index in [4.69, 9.17) is 9.47 Å². The lowest BCUT2D eigenvalue weighted by atomic mass is 10.1. The molecule has 0 aliphatic carbocycles. The predicted octanol–water partition coefficient (Wildman–Crippen LogP) is 0.954. The number of amides is 2. The number of hydrogen-bond donors (Lipinski definition) is 0. The lowest BCUT2D eigenvalue weighted by Crippen LogP contribution is -2.35. The number of carbonyl (C=O) groups excluding carboxylic acids is 4. The Morgan fingerprint density at radius 3 is 1.19 bits per heavy atom. The first-order valence-corrected chi connectivity index (χ1v) is 7.99. The average Bonchev–Trinajstić information content (AvgIpc) is 2.59. The molecule has 8 heteroatoms. The zero-order valence-corrected chi connectivity index (χ0v) is 15.8. The molecule has 0 spiro atoms. The van der Waals surface area contributed by atoms with Gasteiger partial charge < -0.3 is 19.3 Å². The first kappa shape index (κ1) is 21.1. The molecule has 2 atom stereocenters. The van der Waals surface area contributed by atoms with E-state index in [1.54, 1.807) is 28.2 Å². The predicted molar refractivity (Wildman–Crippen MR) is 93.6 cm³/mol. The quantitative estimate of drug-likeness (QED) is 0.698. The number of benzene rings is 1. The summed E-state index contributed by atoms with van der Waals surface area (Å²) in [6.45, 7) is 2.96. The summed E-state index contributed by atoms with van der Waals surface area (Å²) in [4.78, 5) is 50.2. The van der Waals surface area contributed by atoms with Gasteiger partial charge in [0.05, 0.1) is 11.1 Å². The van der Waals surface area contributed by atoms with Crippen molar-refractivity contribution in [1.29, 1.82) is 0 Å². The van der Waals surface area contributed by atoms with Crippen LogP contribution in [0.4, 0.5) is 0 Å². The highest BCUT2D eigenvalue weighted by Gasteiger charge is 2.22. The molecule has 0 radical (unpaired) electrons. The molecule has 0 heterocycles. The van der Waals surface area contributed by atoms with Gasteiger partial charge in [0.1, 0.15) is 0 Å². The third kappa shape index (κ3) is 5.58. The summed E-state index contributed by atoms with van der Waals surface area (Å²) >= 11 is 0. The fourth-order valence-electron chi connectivity index (χ4n) is 2.03. The summed E-state index contributed by atoms with van der Waals surface area (Å²) in [5, 5.41) is 0. The molecule has 1 rings (SSSR count). The number of carbonyl (C=O) groups is 4. The summed E-state index contributed by atoms with van der Waals surface area (Å²) in [6, 6.07) is 5.57. The van der Waals surface area contributed by atoms with Crippen LogP contribution in [0.15, 0.2) is 24.3 Å². The molecule has 0 saturated carbocycles. The van der Waals surface area contributed by atoms with Crippen molar-refractivity contribution in [3.8, 4) is 0 Å². The van der Waals surface area contributed by atoms with E-state index in [0.717, 1.165) is 0 Å². The molecule has 0 aromatic heterocycles. The van der Waals surface area contributed by atoms with E-state index in [1.165, 1.54) is 47.9 Å². The van der Waals surface area contributed by atoms with Crippen LogP contribution >= 0.6 is 0 Å². The summed E-state index contributed by atoms with van der Waals surface area (Å²) in [5.41, 5.74) is 0.384. The normalized spacial score (nSPS) is 12.5. The van der Waals surface area contributed by atoms with Crippen LogP contribution in [0, 0.1) is 0 Å². The van der Waals surface area contributed by atoms with Crippen LogP contribution in [0.3, 0.4) is 0 Å². The molecule has 142 valence electrons. The Balaban J connectivity index is 2.73. The van der Waals surface area contributed by atoms with E-state index in [2.05, 4.69) is 0 Å². The van der Waals surface area contributed by atoms with Crippen molar-refractivity contribution < 1.29 is 28.7 Å². The van der Waals surface area contributed by atoms with Gasteiger partial charge in [-0.25, -0.2) is 9.59 Å². The van der Waals surface area contributed by atoms with Gasteiger partial charge >= 0.3 is 11.9 Å². The van der Waals surface area contributed by atoms with E-state index >= 15 is 0 Å². The van der Waals surface area contributed by atoms with E-state index in [0.29, 0.717) is 0 Å². The van der Waals surface area contributed by atoms with Crippen molar-refractivity contribution >= 4 is 23.8 Å². The molecule has 0 bridgehead atoms. The Labute approximate surface area is 152 Å². The molecule has 0 fully saturated rings. The largest absolute Gasteiger partial charge is 0.449 e. The second kappa shape index (κ2) is 8.98. The highest BCUT2D eigenvalue weighted by atomic mass is 16.6. The maximum Gasteiger partial charge on any atom is 0.338 e.